The van der Waals surface area contributed by atoms with E-state index < -0.39 is 28.0 Å². The van der Waals surface area contributed by atoms with Crippen LogP contribution in [0.2, 0.25) is 0 Å². The van der Waals surface area contributed by atoms with Gasteiger partial charge >= 0.3 is 0 Å². The number of carbonyl (C=O) groups excluding carboxylic acids is 1. The van der Waals surface area contributed by atoms with E-state index in [2.05, 4.69) is 10.0 Å². The number of sulfonamides is 1. The Morgan fingerprint density at radius 1 is 1.32 bits per heavy atom. The Morgan fingerprint density at radius 3 is 2.60 bits per heavy atom. The molecule has 1 aromatic rings. The third-order valence-electron chi connectivity index (χ3n) is 4.01. The highest BCUT2D eigenvalue weighted by Crippen LogP contribution is 2.23. The summed E-state index contributed by atoms with van der Waals surface area (Å²) in [5.74, 6) is -0.670. The molecule has 9 heteroatoms. The quantitative estimate of drug-likeness (QED) is 0.646. The molecule has 0 unspecified atom stereocenters. The zero-order valence-corrected chi connectivity index (χ0v) is 14.8. The number of aliphatic hydroxyl groups excluding tert-OH is 1. The molecule has 1 fully saturated rings. The summed E-state index contributed by atoms with van der Waals surface area (Å²) in [4.78, 5) is 11.6. The summed E-state index contributed by atoms with van der Waals surface area (Å²) in [6.07, 6.45) is -0.0273. The van der Waals surface area contributed by atoms with Gasteiger partial charge in [-0.15, -0.1) is 0 Å². The molecule has 1 heterocycles. The highest BCUT2D eigenvalue weighted by Gasteiger charge is 2.34. The fraction of sp³-hybridized carbons (Fsp3) is 0.562. The van der Waals surface area contributed by atoms with Gasteiger partial charge < -0.3 is 15.2 Å². The van der Waals surface area contributed by atoms with Crippen molar-refractivity contribution in [2.75, 3.05) is 13.2 Å². The molecule has 0 saturated carbocycles. The first-order chi connectivity index (χ1) is 11.9. The van der Waals surface area contributed by atoms with Crippen LogP contribution in [0.1, 0.15) is 26.2 Å². The van der Waals surface area contributed by atoms with Crippen LogP contribution in [0.4, 0.5) is 4.39 Å². The van der Waals surface area contributed by atoms with E-state index in [4.69, 9.17) is 4.74 Å². The molecule has 0 aliphatic carbocycles. The summed E-state index contributed by atoms with van der Waals surface area (Å²) in [6.45, 7) is 1.97. The average Bonchev–Trinajstić information content (AvgIpc) is 2.56. The topological polar surface area (TPSA) is 105 Å². The minimum absolute atomic E-state index is 0.0602. The summed E-state index contributed by atoms with van der Waals surface area (Å²) in [7, 11) is -3.86. The Kier molecular flexibility index (Phi) is 6.88. The Hall–Kier alpha value is -1.55. The van der Waals surface area contributed by atoms with Crippen LogP contribution in [0.25, 0.3) is 0 Å². The summed E-state index contributed by atoms with van der Waals surface area (Å²) in [5, 5.41) is 12.2. The molecule has 1 amide bonds. The maximum absolute atomic E-state index is 13.0. The van der Waals surface area contributed by atoms with E-state index in [-0.39, 0.29) is 29.9 Å². The summed E-state index contributed by atoms with van der Waals surface area (Å²) in [5.41, 5.74) is 0. The minimum Gasteiger partial charge on any atom is -0.394 e. The standard InChI is InChI=1S/C16H23FN2O5S/c1-2-18-16(21)9-12-5-8-14(15(10-20)24-12)19-25(22,23)13-6-3-11(17)4-7-13/h3-4,6-7,12,14-15,19-20H,2,5,8-10H2,1H3,(H,18,21)/t12-,14+,15-/m0/s1. The van der Waals surface area contributed by atoms with Crippen molar-refractivity contribution in [3.8, 4) is 0 Å². The molecule has 1 aromatic carbocycles. The van der Waals surface area contributed by atoms with Crippen molar-refractivity contribution in [1.29, 1.82) is 0 Å². The molecule has 3 atom stereocenters. The SMILES string of the molecule is CCNC(=O)C[C@@H]1CC[C@@H](NS(=O)(=O)c2ccc(F)cc2)[C@H](CO)O1. The molecule has 0 spiro atoms. The Balaban J connectivity index is 2.00. The van der Waals surface area contributed by atoms with Crippen molar-refractivity contribution >= 4 is 15.9 Å². The fourth-order valence-electron chi connectivity index (χ4n) is 2.77. The van der Waals surface area contributed by atoms with E-state index in [1.165, 1.54) is 12.1 Å². The van der Waals surface area contributed by atoms with Crippen LogP contribution >= 0.6 is 0 Å². The Labute approximate surface area is 146 Å². The van der Waals surface area contributed by atoms with Crippen LogP contribution in [0.5, 0.6) is 0 Å². The number of hydrogen-bond acceptors (Lipinski definition) is 5. The number of ether oxygens (including phenoxy) is 1. The van der Waals surface area contributed by atoms with Gasteiger partial charge in [0.15, 0.2) is 0 Å². The molecule has 0 radical (unpaired) electrons. The first-order valence-corrected chi connectivity index (χ1v) is 9.65. The summed E-state index contributed by atoms with van der Waals surface area (Å²) < 4.78 is 45.9. The third-order valence-corrected chi connectivity index (χ3v) is 5.52. The molecule has 2 rings (SSSR count). The molecule has 0 aromatic heterocycles. The molecule has 25 heavy (non-hydrogen) atoms. The average molecular weight is 374 g/mol. The number of hydrogen-bond donors (Lipinski definition) is 3. The van der Waals surface area contributed by atoms with Gasteiger partial charge in [0.2, 0.25) is 15.9 Å². The van der Waals surface area contributed by atoms with Crippen molar-refractivity contribution in [3.63, 3.8) is 0 Å². The second-order valence-corrected chi connectivity index (χ2v) is 7.61. The van der Waals surface area contributed by atoms with Gasteiger partial charge in [-0.3, -0.25) is 4.79 Å². The van der Waals surface area contributed by atoms with Crippen molar-refractivity contribution in [2.24, 2.45) is 0 Å². The number of halogens is 1. The van der Waals surface area contributed by atoms with E-state index in [1.807, 2.05) is 6.92 Å². The fourth-order valence-corrected chi connectivity index (χ4v) is 4.07. The van der Waals surface area contributed by atoms with E-state index in [0.717, 1.165) is 12.1 Å². The number of nitrogens with one attached hydrogen (secondary N) is 2. The largest absolute Gasteiger partial charge is 0.394 e. The lowest BCUT2D eigenvalue weighted by atomic mass is 9.98. The third kappa shape index (κ3) is 5.46. The minimum atomic E-state index is -3.86. The normalized spacial score (nSPS) is 24.0. The maximum atomic E-state index is 13.0. The Morgan fingerprint density at radius 2 is 2.00 bits per heavy atom. The van der Waals surface area contributed by atoms with Gasteiger partial charge in [-0.2, -0.15) is 0 Å². The molecule has 1 saturated heterocycles. The first kappa shape index (κ1) is 19.8. The number of benzene rings is 1. The number of aliphatic hydroxyl groups is 1. The number of rotatable bonds is 7. The van der Waals surface area contributed by atoms with Gasteiger partial charge in [-0.05, 0) is 44.0 Å². The van der Waals surface area contributed by atoms with Gasteiger partial charge in [0.25, 0.3) is 0 Å². The van der Waals surface area contributed by atoms with E-state index in [0.29, 0.717) is 19.4 Å². The molecule has 3 N–H and O–H groups in total. The predicted octanol–water partition coefficient (Wildman–Crippen LogP) is 0.539. The summed E-state index contributed by atoms with van der Waals surface area (Å²) in [6, 6.07) is 3.86. The van der Waals surface area contributed by atoms with Crippen molar-refractivity contribution in [2.45, 2.75) is 49.3 Å². The van der Waals surface area contributed by atoms with Crippen LogP contribution < -0.4 is 10.0 Å². The van der Waals surface area contributed by atoms with Crippen LogP contribution in [0.3, 0.4) is 0 Å². The number of amides is 1. The van der Waals surface area contributed by atoms with Crippen LogP contribution in [0, 0.1) is 5.82 Å². The molecule has 140 valence electrons. The van der Waals surface area contributed by atoms with Crippen LogP contribution in [-0.4, -0.2) is 50.8 Å². The second kappa shape index (κ2) is 8.70. The molecular formula is C16H23FN2O5S. The molecular weight excluding hydrogens is 351 g/mol. The lowest BCUT2D eigenvalue weighted by Crippen LogP contribution is -2.51. The van der Waals surface area contributed by atoms with Gasteiger partial charge in [0.1, 0.15) is 5.82 Å². The summed E-state index contributed by atoms with van der Waals surface area (Å²) >= 11 is 0. The Bertz CT molecular complexity index is 680. The smallest absolute Gasteiger partial charge is 0.240 e. The highest BCUT2D eigenvalue weighted by atomic mass is 32.2. The molecule has 1 aliphatic heterocycles. The number of carbonyl (C=O) groups is 1. The lowest BCUT2D eigenvalue weighted by Gasteiger charge is -2.35. The van der Waals surface area contributed by atoms with E-state index in [9.17, 15) is 22.7 Å². The van der Waals surface area contributed by atoms with Crippen LogP contribution in [0.15, 0.2) is 29.2 Å². The highest BCUT2D eigenvalue weighted by molar-refractivity contribution is 7.89. The molecule has 1 aliphatic rings. The van der Waals surface area contributed by atoms with Gasteiger partial charge in [-0.25, -0.2) is 17.5 Å². The zero-order valence-electron chi connectivity index (χ0n) is 13.9. The van der Waals surface area contributed by atoms with Gasteiger partial charge in [-0.1, -0.05) is 0 Å². The second-order valence-electron chi connectivity index (χ2n) is 5.90. The lowest BCUT2D eigenvalue weighted by molar-refractivity contribution is -0.130. The molecule has 0 bridgehead atoms. The van der Waals surface area contributed by atoms with Gasteiger partial charge in [0.05, 0.1) is 36.2 Å². The van der Waals surface area contributed by atoms with E-state index >= 15 is 0 Å². The van der Waals surface area contributed by atoms with Crippen molar-refractivity contribution < 1.29 is 27.4 Å². The first-order valence-electron chi connectivity index (χ1n) is 8.16. The zero-order chi connectivity index (χ0) is 18.4. The van der Waals surface area contributed by atoms with Crippen LogP contribution in [-0.2, 0) is 19.6 Å². The monoisotopic (exact) mass is 374 g/mol. The maximum Gasteiger partial charge on any atom is 0.240 e. The van der Waals surface area contributed by atoms with E-state index in [1.54, 1.807) is 0 Å². The van der Waals surface area contributed by atoms with Gasteiger partial charge in [0, 0.05) is 6.54 Å². The van der Waals surface area contributed by atoms with Crippen molar-refractivity contribution in [1.82, 2.24) is 10.0 Å². The van der Waals surface area contributed by atoms with Crippen molar-refractivity contribution in [3.05, 3.63) is 30.1 Å². The molecule has 7 nitrogen and oxygen atoms in total. The predicted molar refractivity (Wildman–Crippen MR) is 88.8 cm³/mol.